The summed E-state index contributed by atoms with van der Waals surface area (Å²) in [4.78, 5) is 27.9. The van der Waals surface area contributed by atoms with Gasteiger partial charge in [-0.3, -0.25) is 4.79 Å². The van der Waals surface area contributed by atoms with Gasteiger partial charge < -0.3 is 20.3 Å². The fourth-order valence-electron chi connectivity index (χ4n) is 2.06. The minimum absolute atomic E-state index is 0.226. The Morgan fingerprint density at radius 2 is 1.67 bits per heavy atom. The molecule has 0 bridgehead atoms. The van der Waals surface area contributed by atoms with Gasteiger partial charge >= 0.3 is 5.97 Å². The first-order valence-electron chi connectivity index (χ1n) is 7.80. The second-order valence-corrected chi connectivity index (χ2v) is 5.43. The number of ether oxygens (including phenoxy) is 1. The van der Waals surface area contributed by atoms with Gasteiger partial charge in [0.1, 0.15) is 0 Å². The first-order valence-corrected chi connectivity index (χ1v) is 7.80. The minimum Gasteiger partial charge on any atom is -0.464 e. The predicted molar refractivity (Wildman–Crippen MR) is 83.8 cm³/mol. The molecule has 0 saturated carbocycles. The molecule has 0 aromatic carbocycles. The van der Waals surface area contributed by atoms with E-state index in [9.17, 15) is 9.59 Å². The van der Waals surface area contributed by atoms with E-state index in [4.69, 9.17) is 10.5 Å². The predicted octanol–water partition coefficient (Wildman–Crippen LogP) is 0.703. The summed E-state index contributed by atoms with van der Waals surface area (Å²) in [5.41, 5.74) is 5.72. The van der Waals surface area contributed by atoms with Gasteiger partial charge in [0.05, 0.1) is 6.61 Å². The molecule has 2 N–H and O–H groups in total. The number of hydrogen-bond acceptors (Lipinski definition) is 5. The maximum atomic E-state index is 12.4. The van der Waals surface area contributed by atoms with Crippen molar-refractivity contribution in [2.75, 3.05) is 39.3 Å². The molecule has 1 atom stereocenters. The van der Waals surface area contributed by atoms with Crippen LogP contribution in [0.25, 0.3) is 0 Å². The number of amides is 1. The number of carbonyl (C=O) groups is 2. The summed E-state index contributed by atoms with van der Waals surface area (Å²) in [6, 6.07) is -1.22. The topological polar surface area (TPSA) is 75.9 Å². The van der Waals surface area contributed by atoms with Gasteiger partial charge in [0.2, 0.25) is 0 Å². The molecule has 0 aromatic rings. The summed E-state index contributed by atoms with van der Waals surface area (Å²) in [6.45, 7) is 14.0. The Balaban J connectivity index is 4.72. The monoisotopic (exact) mass is 301 g/mol. The van der Waals surface area contributed by atoms with Crippen molar-refractivity contribution in [2.24, 2.45) is 11.7 Å². The third kappa shape index (κ3) is 7.43. The number of carbonyl (C=O) groups excluding carboxylic acids is 2. The Labute approximate surface area is 128 Å². The van der Waals surface area contributed by atoms with Crippen LogP contribution in [0, 0.1) is 5.92 Å². The van der Waals surface area contributed by atoms with Crippen molar-refractivity contribution < 1.29 is 14.3 Å². The number of likely N-dealkylation sites (N-methyl/N-ethyl adjacent to an activating group) is 1. The van der Waals surface area contributed by atoms with Crippen LogP contribution in [0.1, 0.15) is 34.6 Å². The quantitative estimate of drug-likeness (QED) is 0.475. The highest BCUT2D eigenvalue weighted by Gasteiger charge is 2.28. The lowest BCUT2D eigenvalue weighted by molar-refractivity contribution is -0.151. The molecular formula is C15H31N3O3. The molecule has 0 aliphatic heterocycles. The largest absolute Gasteiger partial charge is 0.464 e. The number of esters is 1. The van der Waals surface area contributed by atoms with Crippen molar-refractivity contribution in [3.05, 3.63) is 0 Å². The molecule has 0 aromatic heterocycles. The van der Waals surface area contributed by atoms with Crippen LogP contribution in [0.3, 0.4) is 0 Å². The zero-order valence-corrected chi connectivity index (χ0v) is 14.1. The standard InChI is InChI=1S/C15H31N3O3/c1-6-17(7-2)9-10-18(11-12(4)5)14(19)13(16)15(20)21-8-3/h12-13H,6-11,16H2,1-5H3. The highest BCUT2D eigenvalue weighted by molar-refractivity contribution is 6.01. The van der Waals surface area contributed by atoms with Crippen LogP contribution in [0.15, 0.2) is 0 Å². The van der Waals surface area contributed by atoms with E-state index in [-0.39, 0.29) is 12.5 Å². The highest BCUT2D eigenvalue weighted by atomic mass is 16.5. The number of nitrogens with zero attached hydrogens (tertiary/aromatic N) is 2. The van der Waals surface area contributed by atoms with E-state index in [1.807, 2.05) is 13.8 Å². The van der Waals surface area contributed by atoms with Crippen LogP contribution in [0.2, 0.25) is 0 Å². The summed E-state index contributed by atoms with van der Waals surface area (Å²) < 4.78 is 4.83. The Morgan fingerprint density at radius 3 is 2.10 bits per heavy atom. The van der Waals surface area contributed by atoms with Crippen LogP contribution in [-0.4, -0.2) is 67.0 Å². The van der Waals surface area contributed by atoms with Crippen LogP contribution in [0.4, 0.5) is 0 Å². The zero-order valence-electron chi connectivity index (χ0n) is 14.1. The fraction of sp³-hybridized carbons (Fsp3) is 0.867. The maximum absolute atomic E-state index is 12.4. The van der Waals surface area contributed by atoms with Crippen LogP contribution in [0.5, 0.6) is 0 Å². The summed E-state index contributed by atoms with van der Waals surface area (Å²) in [5, 5.41) is 0. The molecule has 0 aliphatic rings. The molecule has 0 aliphatic carbocycles. The summed E-state index contributed by atoms with van der Waals surface area (Å²) in [7, 11) is 0. The van der Waals surface area contributed by atoms with Crippen LogP contribution in [-0.2, 0) is 14.3 Å². The lowest BCUT2D eigenvalue weighted by Crippen LogP contribution is -2.51. The molecule has 1 unspecified atom stereocenters. The van der Waals surface area contributed by atoms with E-state index in [2.05, 4.69) is 18.7 Å². The molecule has 0 saturated heterocycles. The molecule has 6 nitrogen and oxygen atoms in total. The SMILES string of the molecule is CCOC(=O)C(N)C(=O)N(CCN(CC)CC)CC(C)C. The molecule has 0 rings (SSSR count). The third-order valence-electron chi connectivity index (χ3n) is 3.28. The summed E-state index contributed by atoms with van der Waals surface area (Å²) in [5.74, 6) is -0.687. The first kappa shape index (κ1) is 19.9. The molecule has 124 valence electrons. The van der Waals surface area contributed by atoms with E-state index in [1.165, 1.54) is 0 Å². The van der Waals surface area contributed by atoms with E-state index in [1.54, 1.807) is 11.8 Å². The Bertz CT molecular complexity index is 317. The Hall–Kier alpha value is -1.14. The van der Waals surface area contributed by atoms with Gasteiger partial charge in [0.15, 0.2) is 6.04 Å². The molecule has 0 heterocycles. The second-order valence-electron chi connectivity index (χ2n) is 5.43. The lowest BCUT2D eigenvalue weighted by Gasteiger charge is -2.29. The second kappa shape index (κ2) is 10.6. The molecule has 0 radical (unpaired) electrons. The maximum Gasteiger partial charge on any atom is 0.332 e. The van der Waals surface area contributed by atoms with Crippen LogP contribution < -0.4 is 5.73 Å². The van der Waals surface area contributed by atoms with E-state index >= 15 is 0 Å². The highest BCUT2D eigenvalue weighted by Crippen LogP contribution is 2.03. The summed E-state index contributed by atoms with van der Waals surface area (Å²) in [6.07, 6.45) is 0. The van der Waals surface area contributed by atoms with Gasteiger partial charge in [0, 0.05) is 19.6 Å². The molecular weight excluding hydrogens is 270 g/mol. The number of rotatable bonds is 10. The zero-order chi connectivity index (χ0) is 16.4. The van der Waals surface area contributed by atoms with E-state index < -0.39 is 12.0 Å². The van der Waals surface area contributed by atoms with Crippen molar-refractivity contribution in [2.45, 2.75) is 40.7 Å². The van der Waals surface area contributed by atoms with E-state index in [0.29, 0.717) is 19.0 Å². The average Bonchev–Trinajstić information content (AvgIpc) is 2.45. The molecule has 0 fully saturated rings. The molecule has 1 amide bonds. The molecule has 6 heteroatoms. The Morgan fingerprint density at radius 1 is 1.10 bits per heavy atom. The normalized spacial score (nSPS) is 12.6. The Kier molecular flexibility index (Phi) is 9.99. The van der Waals surface area contributed by atoms with Gasteiger partial charge in [-0.25, -0.2) is 4.79 Å². The van der Waals surface area contributed by atoms with Gasteiger partial charge in [-0.05, 0) is 25.9 Å². The van der Waals surface area contributed by atoms with Crippen molar-refractivity contribution in [3.63, 3.8) is 0 Å². The van der Waals surface area contributed by atoms with Gasteiger partial charge in [-0.2, -0.15) is 0 Å². The smallest absolute Gasteiger partial charge is 0.332 e. The number of nitrogens with two attached hydrogens (primary N) is 1. The minimum atomic E-state index is -1.22. The van der Waals surface area contributed by atoms with Crippen molar-refractivity contribution in [3.8, 4) is 0 Å². The van der Waals surface area contributed by atoms with Gasteiger partial charge in [0.25, 0.3) is 5.91 Å². The van der Waals surface area contributed by atoms with Crippen LogP contribution >= 0.6 is 0 Å². The molecule has 0 spiro atoms. The summed E-state index contributed by atoms with van der Waals surface area (Å²) >= 11 is 0. The van der Waals surface area contributed by atoms with Gasteiger partial charge in [-0.1, -0.05) is 27.7 Å². The third-order valence-corrected chi connectivity index (χ3v) is 3.28. The van der Waals surface area contributed by atoms with Crippen molar-refractivity contribution in [1.29, 1.82) is 0 Å². The lowest BCUT2D eigenvalue weighted by atomic mass is 10.1. The van der Waals surface area contributed by atoms with Crippen molar-refractivity contribution in [1.82, 2.24) is 9.80 Å². The first-order chi connectivity index (χ1) is 9.87. The average molecular weight is 301 g/mol. The van der Waals surface area contributed by atoms with Gasteiger partial charge in [-0.15, -0.1) is 0 Å². The number of hydrogen-bond donors (Lipinski definition) is 1. The van der Waals surface area contributed by atoms with E-state index in [0.717, 1.165) is 19.6 Å². The molecule has 21 heavy (non-hydrogen) atoms. The fourth-order valence-corrected chi connectivity index (χ4v) is 2.06. The van der Waals surface area contributed by atoms with Crippen molar-refractivity contribution >= 4 is 11.9 Å².